The molecule has 0 radical (unpaired) electrons. The van der Waals surface area contributed by atoms with Gasteiger partial charge in [-0.3, -0.25) is 4.79 Å². The van der Waals surface area contributed by atoms with Crippen LogP contribution in [0.25, 0.3) is 0 Å². The summed E-state index contributed by atoms with van der Waals surface area (Å²) in [4.78, 5) is 14.1. The highest BCUT2D eigenvalue weighted by molar-refractivity contribution is 5.78. The third-order valence-electron chi connectivity index (χ3n) is 3.51. The van der Waals surface area contributed by atoms with Crippen LogP contribution in [0.15, 0.2) is 0 Å². The number of rotatable bonds is 5. The van der Waals surface area contributed by atoms with Crippen molar-refractivity contribution in [1.29, 1.82) is 0 Å². The molecule has 0 aliphatic carbocycles. The summed E-state index contributed by atoms with van der Waals surface area (Å²) in [6.45, 7) is 5.97. The SMILES string of the molecule is CCCCCC(C)C(=O)N1CCC(N)CC1. The zero-order chi connectivity index (χ0) is 12.0. The van der Waals surface area contributed by atoms with E-state index < -0.39 is 0 Å². The summed E-state index contributed by atoms with van der Waals surface area (Å²) >= 11 is 0. The van der Waals surface area contributed by atoms with Gasteiger partial charge in [0.1, 0.15) is 0 Å². The van der Waals surface area contributed by atoms with Crippen molar-refractivity contribution in [2.45, 2.75) is 58.4 Å². The molecule has 94 valence electrons. The molecule has 1 unspecified atom stereocenters. The van der Waals surface area contributed by atoms with E-state index in [9.17, 15) is 4.79 Å². The van der Waals surface area contributed by atoms with Crippen molar-refractivity contribution < 1.29 is 4.79 Å². The van der Waals surface area contributed by atoms with Gasteiger partial charge >= 0.3 is 0 Å². The van der Waals surface area contributed by atoms with Crippen LogP contribution in [-0.4, -0.2) is 29.9 Å². The number of carbonyl (C=O) groups is 1. The molecule has 0 aromatic heterocycles. The van der Waals surface area contributed by atoms with Crippen LogP contribution in [0.1, 0.15) is 52.4 Å². The molecule has 1 heterocycles. The van der Waals surface area contributed by atoms with Crippen molar-refractivity contribution in [2.24, 2.45) is 11.7 Å². The Bertz CT molecular complexity index is 210. The van der Waals surface area contributed by atoms with E-state index in [1.54, 1.807) is 0 Å². The Morgan fingerprint density at radius 1 is 1.38 bits per heavy atom. The molecule has 3 heteroatoms. The zero-order valence-electron chi connectivity index (χ0n) is 10.7. The van der Waals surface area contributed by atoms with Gasteiger partial charge in [0.15, 0.2) is 0 Å². The van der Waals surface area contributed by atoms with Crippen LogP contribution in [0.5, 0.6) is 0 Å². The Morgan fingerprint density at radius 2 is 2.00 bits per heavy atom. The average Bonchev–Trinajstić information content (AvgIpc) is 2.29. The average molecular weight is 226 g/mol. The molecule has 1 saturated heterocycles. The summed E-state index contributed by atoms with van der Waals surface area (Å²) in [6.07, 6.45) is 6.61. The molecule has 0 aromatic rings. The normalized spacial score (nSPS) is 19.8. The Labute approximate surface area is 99.4 Å². The van der Waals surface area contributed by atoms with Crippen LogP contribution >= 0.6 is 0 Å². The number of carbonyl (C=O) groups excluding carboxylic acids is 1. The monoisotopic (exact) mass is 226 g/mol. The van der Waals surface area contributed by atoms with E-state index in [-0.39, 0.29) is 5.92 Å². The smallest absolute Gasteiger partial charge is 0.225 e. The van der Waals surface area contributed by atoms with Crippen LogP contribution in [0.4, 0.5) is 0 Å². The molecule has 1 amide bonds. The van der Waals surface area contributed by atoms with E-state index >= 15 is 0 Å². The standard InChI is InChI=1S/C13H26N2O/c1-3-4-5-6-11(2)13(16)15-9-7-12(14)8-10-15/h11-12H,3-10,14H2,1-2H3. The molecule has 2 N–H and O–H groups in total. The van der Waals surface area contributed by atoms with Crippen molar-refractivity contribution in [3.05, 3.63) is 0 Å². The third-order valence-corrected chi connectivity index (χ3v) is 3.51. The molecular weight excluding hydrogens is 200 g/mol. The topological polar surface area (TPSA) is 46.3 Å². The first-order chi connectivity index (χ1) is 7.65. The molecule has 1 aliphatic heterocycles. The number of piperidine rings is 1. The lowest BCUT2D eigenvalue weighted by Gasteiger charge is -2.32. The lowest BCUT2D eigenvalue weighted by Crippen LogP contribution is -2.44. The quantitative estimate of drug-likeness (QED) is 0.730. The first-order valence-electron chi connectivity index (χ1n) is 6.69. The molecule has 0 saturated carbocycles. The number of unbranched alkanes of at least 4 members (excludes halogenated alkanes) is 2. The predicted molar refractivity (Wildman–Crippen MR) is 67.1 cm³/mol. The van der Waals surface area contributed by atoms with Gasteiger partial charge in [-0.1, -0.05) is 33.1 Å². The molecular formula is C13H26N2O. The number of hydrogen-bond donors (Lipinski definition) is 1. The van der Waals surface area contributed by atoms with Gasteiger partial charge < -0.3 is 10.6 Å². The van der Waals surface area contributed by atoms with Crippen molar-refractivity contribution in [3.8, 4) is 0 Å². The summed E-state index contributed by atoms with van der Waals surface area (Å²) in [6, 6.07) is 0.305. The van der Waals surface area contributed by atoms with Crippen LogP contribution in [0.2, 0.25) is 0 Å². The molecule has 1 aliphatic rings. The highest BCUT2D eigenvalue weighted by Crippen LogP contribution is 2.16. The molecule has 0 aromatic carbocycles. The van der Waals surface area contributed by atoms with Gasteiger partial charge in [-0.05, 0) is 19.3 Å². The van der Waals surface area contributed by atoms with E-state index in [2.05, 4.69) is 13.8 Å². The summed E-state index contributed by atoms with van der Waals surface area (Å²) < 4.78 is 0. The Balaban J connectivity index is 2.27. The van der Waals surface area contributed by atoms with Crippen LogP contribution in [0, 0.1) is 5.92 Å². The fourth-order valence-electron chi connectivity index (χ4n) is 2.26. The molecule has 3 nitrogen and oxygen atoms in total. The third kappa shape index (κ3) is 4.12. The molecule has 1 rings (SSSR count). The number of nitrogens with zero attached hydrogens (tertiary/aromatic N) is 1. The minimum absolute atomic E-state index is 0.195. The van der Waals surface area contributed by atoms with E-state index in [4.69, 9.17) is 5.73 Å². The number of amides is 1. The van der Waals surface area contributed by atoms with Crippen LogP contribution < -0.4 is 5.73 Å². The highest BCUT2D eigenvalue weighted by Gasteiger charge is 2.23. The molecule has 0 spiro atoms. The summed E-state index contributed by atoms with van der Waals surface area (Å²) in [5.41, 5.74) is 5.83. The van der Waals surface area contributed by atoms with Gasteiger partial charge in [0.05, 0.1) is 0 Å². The van der Waals surface area contributed by atoms with Gasteiger partial charge in [-0.2, -0.15) is 0 Å². The first-order valence-corrected chi connectivity index (χ1v) is 6.69. The maximum Gasteiger partial charge on any atom is 0.225 e. The van der Waals surface area contributed by atoms with Gasteiger partial charge in [0.2, 0.25) is 5.91 Å². The largest absolute Gasteiger partial charge is 0.342 e. The van der Waals surface area contributed by atoms with Gasteiger partial charge in [0, 0.05) is 25.0 Å². The Morgan fingerprint density at radius 3 is 2.56 bits per heavy atom. The highest BCUT2D eigenvalue weighted by atomic mass is 16.2. The minimum Gasteiger partial charge on any atom is -0.342 e. The zero-order valence-corrected chi connectivity index (χ0v) is 10.7. The van der Waals surface area contributed by atoms with Crippen molar-refractivity contribution in [1.82, 2.24) is 4.90 Å². The van der Waals surface area contributed by atoms with Crippen molar-refractivity contribution in [3.63, 3.8) is 0 Å². The lowest BCUT2D eigenvalue weighted by molar-refractivity contribution is -0.136. The maximum absolute atomic E-state index is 12.1. The van der Waals surface area contributed by atoms with E-state index in [0.717, 1.165) is 32.4 Å². The molecule has 1 atom stereocenters. The van der Waals surface area contributed by atoms with Gasteiger partial charge in [-0.25, -0.2) is 0 Å². The van der Waals surface area contributed by atoms with E-state index in [1.807, 2.05) is 4.90 Å². The van der Waals surface area contributed by atoms with Crippen LogP contribution in [-0.2, 0) is 4.79 Å². The summed E-state index contributed by atoms with van der Waals surface area (Å²) in [7, 11) is 0. The number of likely N-dealkylation sites (tertiary alicyclic amines) is 1. The fraction of sp³-hybridized carbons (Fsp3) is 0.923. The van der Waals surface area contributed by atoms with Crippen LogP contribution in [0.3, 0.4) is 0 Å². The molecule has 0 bridgehead atoms. The Hall–Kier alpha value is -0.570. The van der Waals surface area contributed by atoms with Crippen molar-refractivity contribution >= 4 is 5.91 Å². The number of hydrogen-bond acceptors (Lipinski definition) is 2. The Kier molecular flexibility index (Phi) is 5.81. The molecule has 1 fully saturated rings. The van der Waals surface area contributed by atoms with Gasteiger partial charge in [0.25, 0.3) is 0 Å². The second kappa shape index (κ2) is 6.89. The van der Waals surface area contributed by atoms with Gasteiger partial charge in [-0.15, -0.1) is 0 Å². The second-order valence-corrected chi connectivity index (χ2v) is 5.06. The fourth-order valence-corrected chi connectivity index (χ4v) is 2.26. The van der Waals surface area contributed by atoms with E-state index in [1.165, 1.54) is 19.3 Å². The minimum atomic E-state index is 0.195. The first kappa shape index (κ1) is 13.5. The summed E-state index contributed by atoms with van der Waals surface area (Å²) in [5, 5.41) is 0. The number of nitrogens with two attached hydrogens (primary N) is 1. The molecule has 16 heavy (non-hydrogen) atoms. The lowest BCUT2D eigenvalue weighted by atomic mass is 9.99. The second-order valence-electron chi connectivity index (χ2n) is 5.06. The van der Waals surface area contributed by atoms with Crippen molar-refractivity contribution in [2.75, 3.05) is 13.1 Å². The maximum atomic E-state index is 12.1. The summed E-state index contributed by atoms with van der Waals surface area (Å²) in [5.74, 6) is 0.531. The predicted octanol–water partition coefficient (Wildman–Crippen LogP) is 2.15. The van der Waals surface area contributed by atoms with E-state index in [0.29, 0.717) is 11.9 Å².